The summed E-state index contributed by atoms with van der Waals surface area (Å²) in [5, 5.41) is 13.6. The Kier molecular flexibility index (Phi) is 8.60. The van der Waals surface area contributed by atoms with Gasteiger partial charge < -0.3 is 15.2 Å². The highest BCUT2D eigenvalue weighted by Gasteiger charge is 2.38. The molecule has 2 atom stereocenters. The summed E-state index contributed by atoms with van der Waals surface area (Å²) in [6.45, 7) is 2.40. The second-order valence-electron chi connectivity index (χ2n) is 8.68. The summed E-state index contributed by atoms with van der Waals surface area (Å²) in [4.78, 5) is 21.3. The van der Waals surface area contributed by atoms with Crippen LogP contribution in [-0.4, -0.2) is 42.0 Å². The van der Waals surface area contributed by atoms with Gasteiger partial charge in [-0.25, -0.2) is 14.0 Å². The number of nitrogens with one attached hydrogen (secondary N) is 2. The summed E-state index contributed by atoms with van der Waals surface area (Å²) in [5.41, 5.74) is 3.15. The number of benzene rings is 2. The molecular formula is C24H25ClF4N2O4. The van der Waals surface area contributed by atoms with Crippen molar-refractivity contribution in [1.29, 1.82) is 0 Å². The third kappa shape index (κ3) is 7.57. The molecule has 0 spiro atoms. The van der Waals surface area contributed by atoms with Gasteiger partial charge in [0.05, 0.1) is 17.3 Å². The van der Waals surface area contributed by atoms with E-state index in [-0.39, 0.29) is 5.02 Å². The Hall–Kier alpha value is -2.85. The molecule has 2 aromatic rings. The normalized spacial score (nSPS) is 21.0. The summed E-state index contributed by atoms with van der Waals surface area (Å²) in [6.07, 6.45) is -0.980. The zero-order valence-electron chi connectivity index (χ0n) is 18.8. The van der Waals surface area contributed by atoms with E-state index in [0.29, 0.717) is 30.3 Å². The number of amides is 1. The average molecular weight is 517 g/mol. The molecule has 190 valence electrons. The van der Waals surface area contributed by atoms with Gasteiger partial charge in [0.15, 0.2) is 0 Å². The molecule has 0 saturated carbocycles. The third-order valence-corrected chi connectivity index (χ3v) is 6.20. The van der Waals surface area contributed by atoms with Crippen LogP contribution in [0.15, 0.2) is 36.4 Å². The lowest BCUT2D eigenvalue weighted by Gasteiger charge is -2.28. The summed E-state index contributed by atoms with van der Waals surface area (Å²) >= 11 is 5.93. The first-order valence-electron chi connectivity index (χ1n) is 11.0. The van der Waals surface area contributed by atoms with E-state index in [1.165, 1.54) is 18.9 Å². The molecule has 0 aromatic heterocycles. The van der Waals surface area contributed by atoms with Crippen LogP contribution in [-0.2, 0) is 9.53 Å². The quantitative estimate of drug-likeness (QED) is 0.423. The molecule has 2 saturated heterocycles. The molecular weight excluding hydrogens is 492 g/mol. The van der Waals surface area contributed by atoms with Crippen molar-refractivity contribution < 1.29 is 37.0 Å². The number of aliphatic carboxylic acids is 1. The molecule has 2 heterocycles. The van der Waals surface area contributed by atoms with E-state index >= 15 is 0 Å². The fraction of sp³-hybridized carbons (Fsp3) is 0.417. The van der Waals surface area contributed by atoms with Crippen LogP contribution in [0.2, 0.25) is 5.02 Å². The minimum absolute atomic E-state index is 0.0491. The van der Waals surface area contributed by atoms with Crippen LogP contribution in [0.3, 0.4) is 0 Å². The average Bonchev–Trinajstić information content (AvgIpc) is 3.13. The highest BCUT2D eigenvalue weighted by molar-refractivity contribution is 6.31. The van der Waals surface area contributed by atoms with Gasteiger partial charge in [0.25, 0.3) is 0 Å². The number of carbonyl (C=O) groups is 2. The minimum atomic E-state index is -5.08. The largest absolute Gasteiger partial charge is 0.490 e. The van der Waals surface area contributed by atoms with Crippen molar-refractivity contribution in [2.24, 2.45) is 5.92 Å². The Labute approximate surface area is 204 Å². The van der Waals surface area contributed by atoms with Gasteiger partial charge in [-0.3, -0.25) is 5.32 Å². The predicted molar refractivity (Wildman–Crippen MR) is 123 cm³/mol. The Morgan fingerprint density at radius 3 is 2.34 bits per heavy atom. The van der Waals surface area contributed by atoms with E-state index in [9.17, 15) is 22.4 Å². The van der Waals surface area contributed by atoms with Crippen molar-refractivity contribution in [3.05, 3.63) is 52.8 Å². The molecule has 2 aromatic carbocycles. The fourth-order valence-electron chi connectivity index (χ4n) is 4.32. The molecule has 2 unspecified atom stereocenters. The minimum Gasteiger partial charge on any atom is -0.475 e. The standard InChI is InChI=1S/C22H24ClFN2O2.C2HF3O2/c1-13-2-7-21(18(8-13)15-3-6-20(24)19(23)11-15)26-22(27)28-12-14-9-16-4-5-17(10-14)25-16;3-2(4,5)1(6)7/h2-3,6-8,11,14,16-17,25H,4-5,9-10,12H2,1H3,(H,26,27);(H,6,7). The number of aryl methyl sites for hydroxylation is 1. The summed E-state index contributed by atoms with van der Waals surface area (Å²) in [6, 6.07) is 11.4. The van der Waals surface area contributed by atoms with Crippen molar-refractivity contribution >= 4 is 29.4 Å². The highest BCUT2D eigenvalue weighted by atomic mass is 35.5. The van der Waals surface area contributed by atoms with Crippen molar-refractivity contribution in [1.82, 2.24) is 5.32 Å². The topological polar surface area (TPSA) is 87.7 Å². The molecule has 0 aliphatic carbocycles. The lowest BCUT2D eigenvalue weighted by molar-refractivity contribution is -0.192. The van der Waals surface area contributed by atoms with E-state index in [1.54, 1.807) is 12.1 Å². The Balaban J connectivity index is 0.000000429. The van der Waals surface area contributed by atoms with Gasteiger partial charge in [0.1, 0.15) is 5.82 Å². The first kappa shape index (κ1) is 26.7. The fourth-order valence-corrected chi connectivity index (χ4v) is 4.50. The molecule has 0 radical (unpaired) electrons. The summed E-state index contributed by atoms with van der Waals surface area (Å²) < 4.78 is 50.8. The molecule has 11 heteroatoms. The molecule has 2 bridgehead atoms. The van der Waals surface area contributed by atoms with Gasteiger partial charge >= 0.3 is 18.2 Å². The number of carboxylic acid groups (broad SMARTS) is 1. The van der Waals surface area contributed by atoms with Gasteiger partial charge in [0, 0.05) is 17.6 Å². The van der Waals surface area contributed by atoms with Gasteiger partial charge in [-0.1, -0.05) is 29.3 Å². The monoisotopic (exact) mass is 516 g/mol. The molecule has 1 amide bonds. The third-order valence-electron chi connectivity index (χ3n) is 5.91. The van der Waals surface area contributed by atoms with Crippen LogP contribution in [0.5, 0.6) is 0 Å². The van der Waals surface area contributed by atoms with Crippen molar-refractivity contribution in [2.45, 2.75) is 50.9 Å². The van der Waals surface area contributed by atoms with Crippen molar-refractivity contribution in [2.75, 3.05) is 11.9 Å². The first-order valence-corrected chi connectivity index (χ1v) is 11.4. The number of anilines is 1. The smallest absolute Gasteiger partial charge is 0.475 e. The molecule has 6 nitrogen and oxygen atoms in total. The summed E-state index contributed by atoms with van der Waals surface area (Å²) in [5.74, 6) is -2.81. The number of carbonyl (C=O) groups excluding carboxylic acids is 1. The molecule has 2 fully saturated rings. The first-order chi connectivity index (χ1) is 16.4. The maximum Gasteiger partial charge on any atom is 0.490 e. The van der Waals surface area contributed by atoms with E-state index in [4.69, 9.17) is 26.2 Å². The Morgan fingerprint density at radius 1 is 1.14 bits per heavy atom. The Bertz CT molecular complexity index is 1070. The van der Waals surface area contributed by atoms with Crippen LogP contribution in [0.25, 0.3) is 11.1 Å². The summed E-state index contributed by atoms with van der Waals surface area (Å²) in [7, 11) is 0. The number of rotatable bonds is 4. The molecule has 3 N–H and O–H groups in total. The van der Waals surface area contributed by atoms with Crippen molar-refractivity contribution in [3.63, 3.8) is 0 Å². The predicted octanol–water partition coefficient (Wildman–Crippen LogP) is 6.17. The second-order valence-corrected chi connectivity index (χ2v) is 9.09. The second kappa shape index (κ2) is 11.3. The number of fused-ring (bicyclic) bond motifs is 2. The maximum atomic E-state index is 13.5. The van der Waals surface area contributed by atoms with Crippen LogP contribution in [0.1, 0.15) is 31.2 Å². The molecule has 2 aliphatic rings. The Morgan fingerprint density at radius 2 is 1.77 bits per heavy atom. The van der Waals surface area contributed by atoms with E-state index in [1.807, 2.05) is 25.1 Å². The molecule has 4 rings (SSSR count). The number of ether oxygens (including phenoxy) is 1. The zero-order valence-corrected chi connectivity index (χ0v) is 19.5. The van der Waals surface area contributed by atoms with Gasteiger partial charge in [-0.15, -0.1) is 0 Å². The SMILES string of the molecule is Cc1ccc(NC(=O)OCC2CC3CCC(C2)N3)c(-c2ccc(F)c(Cl)c2)c1.O=C(O)C(F)(F)F. The number of carboxylic acids is 1. The number of halogens is 5. The molecule has 2 aliphatic heterocycles. The van der Waals surface area contributed by atoms with E-state index in [0.717, 1.165) is 29.5 Å². The number of hydrogen-bond acceptors (Lipinski definition) is 4. The van der Waals surface area contributed by atoms with E-state index in [2.05, 4.69) is 10.6 Å². The van der Waals surface area contributed by atoms with Crippen LogP contribution in [0, 0.1) is 18.7 Å². The van der Waals surface area contributed by atoms with Crippen LogP contribution in [0.4, 0.5) is 28.0 Å². The van der Waals surface area contributed by atoms with E-state index < -0.39 is 24.1 Å². The lowest BCUT2D eigenvalue weighted by atomic mass is 9.93. The number of hydrogen-bond donors (Lipinski definition) is 3. The highest BCUT2D eigenvalue weighted by Crippen LogP contribution is 2.33. The number of piperidine rings is 1. The maximum absolute atomic E-state index is 13.5. The lowest BCUT2D eigenvalue weighted by Crippen LogP contribution is -2.39. The van der Waals surface area contributed by atoms with Crippen LogP contribution >= 0.6 is 11.6 Å². The van der Waals surface area contributed by atoms with Crippen molar-refractivity contribution in [3.8, 4) is 11.1 Å². The van der Waals surface area contributed by atoms with Gasteiger partial charge in [0.2, 0.25) is 0 Å². The molecule has 35 heavy (non-hydrogen) atoms. The van der Waals surface area contributed by atoms with Crippen LogP contribution < -0.4 is 10.6 Å². The number of alkyl halides is 3. The zero-order chi connectivity index (χ0) is 25.8. The van der Waals surface area contributed by atoms with Gasteiger partial charge in [-0.2, -0.15) is 13.2 Å². The van der Waals surface area contributed by atoms with Gasteiger partial charge in [-0.05, 0) is 68.4 Å².